The van der Waals surface area contributed by atoms with E-state index in [1.165, 1.54) is 31.4 Å². The molecule has 0 fully saturated rings. The fourth-order valence-electron chi connectivity index (χ4n) is 0.922. The van der Waals surface area contributed by atoms with Crippen LogP contribution in [0.25, 0.3) is 0 Å². The van der Waals surface area contributed by atoms with Crippen LogP contribution in [0.1, 0.15) is 27.7 Å². The number of carbonyl (C=O) groups is 2. The van der Waals surface area contributed by atoms with E-state index in [0.717, 1.165) is 0 Å². The van der Waals surface area contributed by atoms with Gasteiger partial charge in [-0.15, -0.1) is 0 Å². The van der Waals surface area contributed by atoms with Crippen molar-refractivity contribution in [1.82, 2.24) is 0 Å². The Bertz CT molecular complexity index is 305. The van der Waals surface area contributed by atoms with Gasteiger partial charge in [0.05, 0.1) is 10.5 Å². The summed E-state index contributed by atoms with van der Waals surface area (Å²) < 4.78 is 0. The molecule has 0 aromatic rings. The minimum atomic E-state index is -0.128. The van der Waals surface area contributed by atoms with Gasteiger partial charge in [0.25, 0.3) is 0 Å². The Morgan fingerprint density at radius 2 is 1.18 bits per heavy atom. The van der Waals surface area contributed by atoms with Gasteiger partial charge in [-0.3, -0.25) is 9.59 Å². The molecule has 0 aromatic heterocycles. The molecule has 2 nitrogen and oxygen atoms in total. The quantitative estimate of drug-likeness (QED) is 0.497. The van der Waals surface area contributed by atoms with Gasteiger partial charge in [-0.2, -0.15) is 0 Å². The second kappa shape index (κ2) is 8.06. The summed E-state index contributed by atoms with van der Waals surface area (Å²) >= 11 is 0. The lowest BCUT2D eigenvalue weighted by molar-refractivity contribution is -0.115. The summed E-state index contributed by atoms with van der Waals surface area (Å²) in [6.07, 6.45) is 0. The highest BCUT2D eigenvalue weighted by molar-refractivity contribution is 9.09. The van der Waals surface area contributed by atoms with Crippen LogP contribution in [0.2, 0.25) is 0 Å². The van der Waals surface area contributed by atoms with Crippen LogP contribution in [0.3, 0.4) is 0 Å². The van der Waals surface area contributed by atoms with E-state index in [-0.39, 0.29) is 22.1 Å². The van der Waals surface area contributed by atoms with Crippen molar-refractivity contribution >= 4 is 43.0 Å². The SMILES string of the molecule is C=C(C)C(=O)C(C)SSSC(C)C(=O)C(=C)C. The number of hydrogen-bond donors (Lipinski definition) is 0. The molecule has 2 atom stereocenters. The van der Waals surface area contributed by atoms with Gasteiger partial charge in [-0.05, 0) is 48.7 Å². The first-order chi connectivity index (χ1) is 7.77. The Balaban J connectivity index is 4.00. The first-order valence-electron chi connectivity index (χ1n) is 5.15. The van der Waals surface area contributed by atoms with Crippen LogP contribution < -0.4 is 0 Å². The average molecular weight is 290 g/mol. The number of carbonyl (C=O) groups excluding carboxylic acids is 2. The fraction of sp³-hybridized carbons (Fsp3) is 0.500. The van der Waals surface area contributed by atoms with Crippen molar-refractivity contribution in [2.45, 2.75) is 38.2 Å². The summed E-state index contributed by atoms with van der Waals surface area (Å²) in [5.41, 5.74) is 1.14. The maximum atomic E-state index is 11.5. The number of Topliss-reactive ketones (excluding diaryl/α,β-unsaturated/α-hetero) is 2. The van der Waals surface area contributed by atoms with E-state index in [9.17, 15) is 9.59 Å². The summed E-state index contributed by atoms with van der Waals surface area (Å²) in [4.78, 5) is 23.1. The number of rotatable bonds is 8. The highest BCUT2D eigenvalue weighted by Gasteiger charge is 2.18. The molecule has 5 heteroatoms. The van der Waals surface area contributed by atoms with Gasteiger partial charge in [0.1, 0.15) is 0 Å². The van der Waals surface area contributed by atoms with Crippen molar-refractivity contribution in [2.24, 2.45) is 0 Å². The van der Waals surface area contributed by atoms with E-state index in [2.05, 4.69) is 13.2 Å². The van der Waals surface area contributed by atoms with Crippen LogP contribution in [0.5, 0.6) is 0 Å². The standard InChI is InChI=1S/C12H18O2S3/c1-7(2)11(13)9(5)15-17-16-10(6)12(14)8(3)4/h9-10H,1,3H2,2,4-6H3. The molecule has 0 radical (unpaired) electrons. The van der Waals surface area contributed by atoms with E-state index in [4.69, 9.17) is 0 Å². The molecule has 0 saturated heterocycles. The first-order valence-corrected chi connectivity index (χ1v) is 8.76. The lowest BCUT2D eigenvalue weighted by Gasteiger charge is -2.11. The molecular weight excluding hydrogens is 272 g/mol. The van der Waals surface area contributed by atoms with Crippen molar-refractivity contribution in [1.29, 1.82) is 0 Å². The third-order valence-electron chi connectivity index (χ3n) is 1.95. The molecule has 2 unspecified atom stereocenters. The number of ketones is 2. The molecule has 0 aliphatic rings. The van der Waals surface area contributed by atoms with Crippen molar-refractivity contribution in [3.05, 3.63) is 24.3 Å². The molecule has 0 bridgehead atoms. The predicted octanol–water partition coefficient (Wildman–Crippen LogP) is 4.08. The van der Waals surface area contributed by atoms with E-state index in [1.54, 1.807) is 13.8 Å². The van der Waals surface area contributed by atoms with Crippen molar-refractivity contribution in [3.63, 3.8) is 0 Å². The van der Waals surface area contributed by atoms with Crippen LogP contribution in [-0.2, 0) is 9.59 Å². The molecule has 0 aliphatic carbocycles. The first kappa shape index (κ1) is 16.9. The minimum Gasteiger partial charge on any atom is -0.293 e. The van der Waals surface area contributed by atoms with Gasteiger partial charge in [0.15, 0.2) is 11.6 Å². The summed E-state index contributed by atoms with van der Waals surface area (Å²) in [5.74, 6) is 0.115. The average Bonchev–Trinajstić information content (AvgIpc) is 2.26. The molecule has 17 heavy (non-hydrogen) atoms. The predicted molar refractivity (Wildman–Crippen MR) is 81.3 cm³/mol. The maximum Gasteiger partial charge on any atom is 0.171 e. The molecule has 0 N–H and O–H groups in total. The van der Waals surface area contributed by atoms with Crippen molar-refractivity contribution in [2.75, 3.05) is 0 Å². The third kappa shape index (κ3) is 6.38. The highest BCUT2D eigenvalue weighted by Crippen LogP contribution is 2.41. The zero-order valence-corrected chi connectivity index (χ0v) is 13.1. The maximum absolute atomic E-state index is 11.5. The van der Waals surface area contributed by atoms with Gasteiger partial charge < -0.3 is 0 Å². The largest absolute Gasteiger partial charge is 0.293 e. The van der Waals surface area contributed by atoms with Crippen LogP contribution in [0, 0.1) is 0 Å². The second-order valence-electron chi connectivity index (χ2n) is 3.83. The summed E-state index contributed by atoms with van der Waals surface area (Å²) in [7, 11) is 4.39. The monoisotopic (exact) mass is 290 g/mol. The van der Waals surface area contributed by atoms with E-state index >= 15 is 0 Å². The van der Waals surface area contributed by atoms with Gasteiger partial charge in [0, 0.05) is 0 Å². The normalized spacial score (nSPS) is 13.9. The molecular formula is C12H18O2S3. The summed E-state index contributed by atoms with van der Waals surface area (Å²) in [5, 5.41) is -0.255. The zero-order chi connectivity index (χ0) is 13.6. The molecule has 0 saturated carbocycles. The molecule has 0 rings (SSSR count). The Kier molecular flexibility index (Phi) is 8.00. The smallest absolute Gasteiger partial charge is 0.171 e. The van der Waals surface area contributed by atoms with E-state index in [1.807, 2.05) is 13.8 Å². The minimum absolute atomic E-state index is 0.0574. The second-order valence-corrected chi connectivity index (χ2v) is 8.56. The van der Waals surface area contributed by atoms with E-state index < -0.39 is 0 Å². The van der Waals surface area contributed by atoms with Crippen molar-refractivity contribution < 1.29 is 9.59 Å². The van der Waals surface area contributed by atoms with Crippen LogP contribution in [0.15, 0.2) is 24.3 Å². The molecule has 96 valence electrons. The van der Waals surface area contributed by atoms with Crippen LogP contribution in [0.4, 0.5) is 0 Å². The highest BCUT2D eigenvalue weighted by atomic mass is 33.5. The zero-order valence-electron chi connectivity index (χ0n) is 10.6. The Labute approximate surface area is 115 Å². The van der Waals surface area contributed by atoms with Crippen LogP contribution in [-0.4, -0.2) is 22.1 Å². The van der Waals surface area contributed by atoms with E-state index in [0.29, 0.717) is 11.1 Å². The Hall–Kier alpha value is -0.130. The lowest BCUT2D eigenvalue weighted by atomic mass is 10.2. The number of allylic oxidation sites excluding steroid dienone is 2. The Morgan fingerprint density at radius 3 is 1.41 bits per heavy atom. The Morgan fingerprint density at radius 1 is 0.882 bits per heavy atom. The van der Waals surface area contributed by atoms with Crippen molar-refractivity contribution in [3.8, 4) is 0 Å². The van der Waals surface area contributed by atoms with Gasteiger partial charge in [-0.25, -0.2) is 0 Å². The number of hydrogen-bond acceptors (Lipinski definition) is 5. The molecule has 0 aliphatic heterocycles. The summed E-state index contributed by atoms with van der Waals surface area (Å²) in [6.45, 7) is 14.4. The van der Waals surface area contributed by atoms with Gasteiger partial charge in [0.2, 0.25) is 0 Å². The van der Waals surface area contributed by atoms with Crippen LogP contribution >= 0.6 is 31.4 Å². The molecule has 0 spiro atoms. The van der Waals surface area contributed by atoms with Gasteiger partial charge >= 0.3 is 0 Å². The topological polar surface area (TPSA) is 34.1 Å². The fourth-order valence-corrected chi connectivity index (χ4v) is 5.68. The van der Waals surface area contributed by atoms with Gasteiger partial charge in [-0.1, -0.05) is 34.7 Å². The lowest BCUT2D eigenvalue weighted by Crippen LogP contribution is -2.13. The summed E-state index contributed by atoms with van der Waals surface area (Å²) in [6, 6.07) is 0. The molecule has 0 aromatic carbocycles. The molecule has 0 heterocycles. The molecule has 0 amide bonds. The third-order valence-corrected chi connectivity index (χ3v) is 6.73.